The highest BCUT2D eigenvalue weighted by Crippen LogP contribution is 2.20. The van der Waals surface area contributed by atoms with E-state index in [2.05, 4.69) is 32.3 Å². The Hall–Kier alpha value is -1.86. The first kappa shape index (κ1) is 11.6. The average Bonchev–Trinajstić information content (AvgIpc) is 2.39. The predicted molar refractivity (Wildman–Crippen MR) is 70.4 cm³/mol. The SMILES string of the molecule is N#CC(Nc1ccc(Br)cc1)c1cccnc1. The Morgan fingerprint density at radius 2 is 2.00 bits per heavy atom. The number of nitriles is 1. The summed E-state index contributed by atoms with van der Waals surface area (Å²) in [6, 6.07) is 13.2. The van der Waals surface area contributed by atoms with E-state index in [0.717, 1.165) is 15.7 Å². The second kappa shape index (κ2) is 5.46. The molecule has 0 aliphatic carbocycles. The second-order valence-corrected chi connectivity index (χ2v) is 4.42. The highest BCUT2D eigenvalue weighted by Gasteiger charge is 2.09. The maximum atomic E-state index is 9.15. The molecule has 2 aromatic rings. The van der Waals surface area contributed by atoms with Crippen molar-refractivity contribution in [3.63, 3.8) is 0 Å². The number of hydrogen-bond acceptors (Lipinski definition) is 3. The lowest BCUT2D eigenvalue weighted by Crippen LogP contribution is -2.08. The number of halogens is 1. The van der Waals surface area contributed by atoms with Gasteiger partial charge in [0.25, 0.3) is 0 Å². The van der Waals surface area contributed by atoms with Crippen LogP contribution >= 0.6 is 15.9 Å². The van der Waals surface area contributed by atoms with Crippen LogP contribution in [0.25, 0.3) is 0 Å². The molecule has 0 bridgehead atoms. The Morgan fingerprint density at radius 3 is 2.59 bits per heavy atom. The minimum absolute atomic E-state index is 0.384. The fraction of sp³-hybridized carbons (Fsp3) is 0.0769. The van der Waals surface area contributed by atoms with Gasteiger partial charge in [0.05, 0.1) is 6.07 Å². The fourth-order valence-electron chi connectivity index (χ4n) is 1.45. The third-order valence-corrected chi connectivity index (χ3v) is 2.83. The molecular weight excluding hydrogens is 278 g/mol. The summed E-state index contributed by atoms with van der Waals surface area (Å²) in [5, 5.41) is 12.3. The number of nitrogens with one attached hydrogen (secondary N) is 1. The Kier molecular flexibility index (Phi) is 3.73. The van der Waals surface area contributed by atoms with E-state index in [1.807, 2.05) is 36.4 Å². The van der Waals surface area contributed by atoms with Gasteiger partial charge in [0.1, 0.15) is 6.04 Å². The van der Waals surface area contributed by atoms with E-state index in [-0.39, 0.29) is 6.04 Å². The Balaban J connectivity index is 2.17. The van der Waals surface area contributed by atoms with Gasteiger partial charge in [-0.15, -0.1) is 0 Å². The first-order chi connectivity index (χ1) is 8.29. The minimum Gasteiger partial charge on any atom is -0.366 e. The summed E-state index contributed by atoms with van der Waals surface area (Å²) < 4.78 is 1.01. The lowest BCUT2D eigenvalue weighted by molar-refractivity contribution is 0.982. The van der Waals surface area contributed by atoms with Gasteiger partial charge >= 0.3 is 0 Å². The molecule has 84 valence electrons. The summed E-state index contributed by atoms with van der Waals surface area (Å²) in [4.78, 5) is 4.01. The van der Waals surface area contributed by atoms with E-state index in [0.29, 0.717) is 0 Å². The van der Waals surface area contributed by atoms with E-state index in [1.54, 1.807) is 12.4 Å². The van der Waals surface area contributed by atoms with Crippen LogP contribution in [0.1, 0.15) is 11.6 Å². The van der Waals surface area contributed by atoms with Crippen molar-refractivity contribution in [2.45, 2.75) is 6.04 Å². The predicted octanol–water partition coefficient (Wildman–Crippen LogP) is 3.52. The molecule has 0 radical (unpaired) electrons. The third kappa shape index (κ3) is 3.05. The normalized spacial score (nSPS) is 11.5. The molecule has 3 nitrogen and oxygen atoms in total. The number of pyridine rings is 1. The van der Waals surface area contributed by atoms with Gasteiger partial charge in [-0.2, -0.15) is 5.26 Å². The third-order valence-electron chi connectivity index (χ3n) is 2.30. The van der Waals surface area contributed by atoms with Crippen LogP contribution in [-0.2, 0) is 0 Å². The van der Waals surface area contributed by atoms with Gasteiger partial charge < -0.3 is 5.32 Å². The van der Waals surface area contributed by atoms with Crippen LogP contribution in [0.5, 0.6) is 0 Å². The van der Waals surface area contributed by atoms with E-state index in [4.69, 9.17) is 5.26 Å². The second-order valence-electron chi connectivity index (χ2n) is 3.50. The number of nitrogens with zero attached hydrogens (tertiary/aromatic N) is 2. The first-order valence-electron chi connectivity index (χ1n) is 5.11. The van der Waals surface area contributed by atoms with Crippen LogP contribution in [0.3, 0.4) is 0 Å². The number of benzene rings is 1. The van der Waals surface area contributed by atoms with Gasteiger partial charge in [-0.25, -0.2) is 0 Å². The van der Waals surface area contributed by atoms with Crippen molar-refractivity contribution in [1.29, 1.82) is 5.26 Å². The van der Waals surface area contributed by atoms with Crippen molar-refractivity contribution in [1.82, 2.24) is 4.98 Å². The topological polar surface area (TPSA) is 48.7 Å². The average molecular weight is 288 g/mol. The number of rotatable bonds is 3. The molecule has 17 heavy (non-hydrogen) atoms. The zero-order valence-corrected chi connectivity index (χ0v) is 10.6. The smallest absolute Gasteiger partial charge is 0.141 e. The standard InChI is InChI=1S/C13H10BrN3/c14-11-3-5-12(6-4-11)17-13(8-15)10-2-1-7-16-9-10/h1-7,9,13,17H. The van der Waals surface area contributed by atoms with Crippen molar-refractivity contribution < 1.29 is 0 Å². The first-order valence-corrected chi connectivity index (χ1v) is 5.90. The van der Waals surface area contributed by atoms with Crippen molar-refractivity contribution in [3.05, 3.63) is 58.8 Å². The molecule has 0 aliphatic heterocycles. The summed E-state index contributed by atoms with van der Waals surface area (Å²) in [5.74, 6) is 0. The van der Waals surface area contributed by atoms with Crippen LogP contribution in [0.2, 0.25) is 0 Å². The zero-order valence-electron chi connectivity index (χ0n) is 8.97. The highest BCUT2D eigenvalue weighted by molar-refractivity contribution is 9.10. The van der Waals surface area contributed by atoms with Gasteiger partial charge in [0.15, 0.2) is 0 Å². The Labute approximate surface area is 108 Å². The van der Waals surface area contributed by atoms with Crippen LogP contribution in [-0.4, -0.2) is 4.98 Å². The van der Waals surface area contributed by atoms with E-state index < -0.39 is 0 Å². The summed E-state index contributed by atoms with van der Waals surface area (Å²) in [7, 11) is 0. The molecule has 0 amide bonds. The molecule has 2 rings (SSSR count). The largest absolute Gasteiger partial charge is 0.366 e. The summed E-state index contributed by atoms with van der Waals surface area (Å²) >= 11 is 3.37. The summed E-state index contributed by atoms with van der Waals surface area (Å²) in [6.45, 7) is 0. The Morgan fingerprint density at radius 1 is 1.24 bits per heavy atom. The van der Waals surface area contributed by atoms with E-state index in [1.165, 1.54) is 0 Å². The molecule has 0 saturated heterocycles. The van der Waals surface area contributed by atoms with Crippen LogP contribution in [0.4, 0.5) is 5.69 Å². The van der Waals surface area contributed by atoms with Crippen molar-refractivity contribution in [2.75, 3.05) is 5.32 Å². The van der Waals surface area contributed by atoms with Gasteiger partial charge in [-0.3, -0.25) is 4.98 Å². The maximum absolute atomic E-state index is 9.15. The number of aromatic nitrogens is 1. The summed E-state index contributed by atoms with van der Waals surface area (Å²) in [5.41, 5.74) is 1.77. The minimum atomic E-state index is -0.384. The van der Waals surface area contributed by atoms with Crippen LogP contribution in [0, 0.1) is 11.3 Å². The molecule has 1 atom stereocenters. The monoisotopic (exact) mass is 287 g/mol. The molecule has 1 aromatic carbocycles. The maximum Gasteiger partial charge on any atom is 0.141 e. The van der Waals surface area contributed by atoms with Crippen LogP contribution < -0.4 is 5.32 Å². The van der Waals surface area contributed by atoms with Gasteiger partial charge in [0, 0.05) is 28.1 Å². The highest BCUT2D eigenvalue weighted by atomic mass is 79.9. The molecule has 0 aliphatic rings. The van der Waals surface area contributed by atoms with Crippen molar-refractivity contribution in [3.8, 4) is 6.07 Å². The molecule has 1 aromatic heterocycles. The van der Waals surface area contributed by atoms with Crippen molar-refractivity contribution in [2.24, 2.45) is 0 Å². The molecular formula is C13H10BrN3. The molecule has 0 spiro atoms. The quantitative estimate of drug-likeness (QED) is 0.940. The van der Waals surface area contributed by atoms with Crippen molar-refractivity contribution >= 4 is 21.6 Å². The molecule has 1 N–H and O–H groups in total. The zero-order chi connectivity index (χ0) is 12.1. The van der Waals surface area contributed by atoms with Crippen LogP contribution in [0.15, 0.2) is 53.3 Å². The number of anilines is 1. The van der Waals surface area contributed by atoms with E-state index in [9.17, 15) is 0 Å². The molecule has 1 unspecified atom stereocenters. The fourth-order valence-corrected chi connectivity index (χ4v) is 1.71. The van der Waals surface area contributed by atoms with Gasteiger partial charge in [-0.05, 0) is 30.3 Å². The Bertz CT molecular complexity index is 517. The lowest BCUT2D eigenvalue weighted by Gasteiger charge is -2.12. The van der Waals surface area contributed by atoms with Gasteiger partial charge in [0.2, 0.25) is 0 Å². The lowest BCUT2D eigenvalue weighted by atomic mass is 10.1. The molecule has 1 heterocycles. The summed E-state index contributed by atoms with van der Waals surface area (Å²) in [6.07, 6.45) is 3.39. The molecule has 0 saturated carbocycles. The molecule has 4 heteroatoms. The molecule has 0 fully saturated rings. The number of hydrogen-bond donors (Lipinski definition) is 1. The van der Waals surface area contributed by atoms with Gasteiger partial charge in [-0.1, -0.05) is 22.0 Å². The van der Waals surface area contributed by atoms with E-state index >= 15 is 0 Å².